The summed E-state index contributed by atoms with van der Waals surface area (Å²) in [5.41, 5.74) is 3.72. The summed E-state index contributed by atoms with van der Waals surface area (Å²) in [6, 6.07) is 12.9. The first-order chi connectivity index (χ1) is 13.8. The molecule has 5 nitrogen and oxygen atoms in total. The molecule has 0 radical (unpaired) electrons. The van der Waals surface area contributed by atoms with E-state index in [9.17, 15) is 9.59 Å². The fraction of sp³-hybridized carbons (Fsp3) is 0.227. The fourth-order valence-corrected chi connectivity index (χ4v) is 4.28. The lowest BCUT2D eigenvalue weighted by Crippen LogP contribution is -2.28. The van der Waals surface area contributed by atoms with Crippen molar-refractivity contribution in [2.24, 2.45) is 0 Å². The number of aryl methyl sites for hydroxylation is 2. The van der Waals surface area contributed by atoms with Gasteiger partial charge in [-0.3, -0.25) is 9.69 Å². The molecule has 2 aromatic carbocycles. The van der Waals surface area contributed by atoms with Gasteiger partial charge in [0.1, 0.15) is 5.75 Å². The minimum atomic E-state index is -0.994. The predicted octanol–water partition coefficient (Wildman–Crippen LogP) is 4.95. The predicted molar refractivity (Wildman–Crippen MR) is 120 cm³/mol. The number of nitrogens with zero attached hydrogens (tertiary/aromatic N) is 1. The van der Waals surface area contributed by atoms with Gasteiger partial charge in [-0.1, -0.05) is 60.7 Å². The van der Waals surface area contributed by atoms with Gasteiger partial charge in [0.2, 0.25) is 0 Å². The number of carboxylic acid groups (broad SMARTS) is 1. The summed E-state index contributed by atoms with van der Waals surface area (Å²) in [5, 5.41) is 9.09. The molecule has 0 saturated carbocycles. The zero-order valence-electron chi connectivity index (χ0n) is 16.3. The van der Waals surface area contributed by atoms with Crippen LogP contribution in [0.1, 0.15) is 30.0 Å². The van der Waals surface area contributed by atoms with Crippen LogP contribution < -0.4 is 9.64 Å². The fourth-order valence-electron chi connectivity index (χ4n) is 3.00. The Balaban J connectivity index is 1.80. The van der Waals surface area contributed by atoms with Gasteiger partial charge in [-0.15, -0.1) is 0 Å². The van der Waals surface area contributed by atoms with E-state index < -0.39 is 12.1 Å². The van der Waals surface area contributed by atoms with E-state index >= 15 is 0 Å². The zero-order chi connectivity index (χ0) is 21.1. The highest BCUT2D eigenvalue weighted by Gasteiger charge is 2.34. The van der Waals surface area contributed by atoms with Crippen molar-refractivity contribution < 1.29 is 19.4 Å². The number of rotatable bonds is 6. The van der Waals surface area contributed by atoms with E-state index in [1.54, 1.807) is 42.2 Å². The van der Waals surface area contributed by atoms with Crippen LogP contribution in [-0.4, -0.2) is 27.4 Å². The Hall–Kier alpha value is -2.64. The van der Waals surface area contributed by atoms with Crippen molar-refractivity contribution in [3.8, 4) is 5.75 Å². The molecule has 0 aliphatic carbocycles. The molecule has 1 heterocycles. The number of thiocarbonyl (C=S) groups is 1. The van der Waals surface area contributed by atoms with Gasteiger partial charge in [-0.05, 0) is 55.7 Å². The third-order valence-electron chi connectivity index (χ3n) is 4.49. The van der Waals surface area contributed by atoms with Gasteiger partial charge in [0, 0.05) is 0 Å². The molecule has 1 fully saturated rings. The summed E-state index contributed by atoms with van der Waals surface area (Å²) in [6.45, 7) is 5.72. The number of amides is 1. The average molecular weight is 428 g/mol. The highest BCUT2D eigenvalue weighted by molar-refractivity contribution is 8.27. The number of ether oxygens (including phenoxy) is 1. The SMILES string of the molecule is CCC(Oc1ccc(/C=C2/SC(=S)N(c3ccc(C)cc3C)C2=O)cc1)C(=O)O. The number of aliphatic carboxylic acids is 1. The van der Waals surface area contributed by atoms with Crippen LogP contribution in [0.4, 0.5) is 5.69 Å². The molecule has 7 heteroatoms. The van der Waals surface area contributed by atoms with Crippen molar-refractivity contribution in [3.63, 3.8) is 0 Å². The Kier molecular flexibility index (Phi) is 6.39. The number of hydrogen-bond donors (Lipinski definition) is 1. The molecule has 2 aromatic rings. The van der Waals surface area contributed by atoms with Gasteiger partial charge in [0.05, 0.1) is 10.6 Å². The maximum Gasteiger partial charge on any atom is 0.344 e. The summed E-state index contributed by atoms with van der Waals surface area (Å²) in [7, 11) is 0. The van der Waals surface area contributed by atoms with E-state index in [1.165, 1.54) is 11.8 Å². The Morgan fingerprint density at radius 2 is 1.93 bits per heavy atom. The molecule has 1 atom stereocenters. The highest BCUT2D eigenvalue weighted by Crippen LogP contribution is 2.37. The second-order valence-corrected chi connectivity index (χ2v) is 8.40. The standard InChI is InChI=1S/C22H21NO4S2/c1-4-18(21(25)26)27-16-8-6-15(7-9-16)12-19-20(24)23(22(28)29-19)17-10-5-13(2)11-14(17)3/h5-12,18H,4H2,1-3H3,(H,25,26)/b19-12+. The van der Waals surface area contributed by atoms with Crippen LogP contribution in [-0.2, 0) is 9.59 Å². The Bertz CT molecular complexity index is 998. The molecular weight excluding hydrogens is 406 g/mol. The number of thioether (sulfide) groups is 1. The van der Waals surface area contributed by atoms with Crippen LogP contribution in [0.3, 0.4) is 0 Å². The molecular formula is C22H21NO4S2. The Labute approximate surface area is 179 Å². The van der Waals surface area contributed by atoms with Crippen molar-refractivity contribution in [3.05, 3.63) is 64.1 Å². The molecule has 1 aliphatic rings. The van der Waals surface area contributed by atoms with Crippen LogP contribution in [0.2, 0.25) is 0 Å². The highest BCUT2D eigenvalue weighted by atomic mass is 32.2. The minimum Gasteiger partial charge on any atom is -0.479 e. The maximum absolute atomic E-state index is 12.9. The lowest BCUT2D eigenvalue weighted by Gasteiger charge is -2.17. The molecule has 0 aromatic heterocycles. The van der Waals surface area contributed by atoms with E-state index in [4.69, 9.17) is 22.1 Å². The number of carbonyl (C=O) groups excluding carboxylic acids is 1. The van der Waals surface area contributed by atoms with Crippen molar-refractivity contribution in [2.75, 3.05) is 4.90 Å². The summed E-state index contributed by atoms with van der Waals surface area (Å²) in [4.78, 5) is 26.1. The van der Waals surface area contributed by atoms with E-state index in [0.29, 0.717) is 21.4 Å². The number of hydrogen-bond acceptors (Lipinski definition) is 5. The summed E-state index contributed by atoms with van der Waals surface area (Å²) >= 11 is 6.71. The second-order valence-electron chi connectivity index (χ2n) is 6.73. The number of carbonyl (C=O) groups is 2. The van der Waals surface area contributed by atoms with E-state index in [2.05, 4.69) is 0 Å². The van der Waals surface area contributed by atoms with Crippen LogP contribution in [0.15, 0.2) is 47.4 Å². The van der Waals surface area contributed by atoms with E-state index in [-0.39, 0.29) is 5.91 Å². The third kappa shape index (κ3) is 4.68. The molecule has 1 aliphatic heterocycles. The van der Waals surface area contributed by atoms with Gasteiger partial charge in [0.25, 0.3) is 5.91 Å². The van der Waals surface area contributed by atoms with Gasteiger partial charge >= 0.3 is 5.97 Å². The Morgan fingerprint density at radius 3 is 2.52 bits per heavy atom. The zero-order valence-corrected chi connectivity index (χ0v) is 18.0. The van der Waals surface area contributed by atoms with Crippen molar-refractivity contribution in [2.45, 2.75) is 33.3 Å². The lowest BCUT2D eigenvalue weighted by atomic mass is 10.1. The van der Waals surface area contributed by atoms with Crippen LogP contribution in [0, 0.1) is 13.8 Å². The largest absolute Gasteiger partial charge is 0.479 e. The lowest BCUT2D eigenvalue weighted by molar-refractivity contribution is -0.145. The number of anilines is 1. The molecule has 0 spiro atoms. The number of carboxylic acids is 1. The van der Waals surface area contributed by atoms with Crippen LogP contribution in [0.25, 0.3) is 6.08 Å². The van der Waals surface area contributed by atoms with E-state index in [1.807, 2.05) is 32.0 Å². The molecule has 1 unspecified atom stereocenters. The first kappa shape index (κ1) is 21.1. The van der Waals surface area contributed by atoms with Crippen molar-refractivity contribution in [1.82, 2.24) is 0 Å². The molecule has 0 bridgehead atoms. The quantitative estimate of drug-likeness (QED) is 0.520. The monoisotopic (exact) mass is 427 g/mol. The third-order valence-corrected chi connectivity index (χ3v) is 5.79. The minimum absolute atomic E-state index is 0.149. The van der Waals surface area contributed by atoms with Gasteiger partial charge in [-0.25, -0.2) is 4.79 Å². The summed E-state index contributed by atoms with van der Waals surface area (Å²) < 4.78 is 5.96. The molecule has 1 N–H and O–H groups in total. The molecule has 1 saturated heterocycles. The van der Waals surface area contributed by atoms with Gasteiger partial charge in [-0.2, -0.15) is 0 Å². The molecule has 1 amide bonds. The van der Waals surface area contributed by atoms with E-state index in [0.717, 1.165) is 22.4 Å². The molecule has 3 rings (SSSR count). The van der Waals surface area contributed by atoms with Gasteiger partial charge in [0.15, 0.2) is 10.4 Å². The first-order valence-corrected chi connectivity index (χ1v) is 10.4. The summed E-state index contributed by atoms with van der Waals surface area (Å²) in [6.07, 6.45) is 1.27. The van der Waals surface area contributed by atoms with Crippen molar-refractivity contribution >= 4 is 51.9 Å². The second kappa shape index (κ2) is 8.80. The topological polar surface area (TPSA) is 66.8 Å². The van der Waals surface area contributed by atoms with Gasteiger partial charge < -0.3 is 9.84 Å². The van der Waals surface area contributed by atoms with Crippen molar-refractivity contribution in [1.29, 1.82) is 0 Å². The van der Waals surface area contributed by atoms with Crippen LogP contribution in [0.5, 0.6) is 5.75 Å². The number of benzene rings is 2. The summed E-state index contributed by atoms with van der Waals surface area (Å²) in [5.74, 6) is -0.671. The molecule has 150 valence electrons. The maximum atomic E-state index is 12.9. The Morgan fingerprint density at radius 1 is 1.24 bits per heavy atom. The molecule has 29 heavy (non-hydrogen) atoms. The van der Waals surface area contributed by atoms with Crippen LogP contribution >= 0.6 is 24.0 Å². The first-order valence-electron chi connectivity index (χ1n) is 9.15. The normalized spacial score (nSPS) is 16.4. The smallest absolute Gasteiger partial charge is 0.344 e. The average Bonchev–Trinajstić information content (AvgIpc) is 2.94.